The van der Waals surface area contributed by atoms with E-state index in [0.717, 1.165) is 40.6 Å². The van der Waals surface area contributed by atoms with Crippen LogP contribution in [0.4, 0.5) is 11.5 Å². The number of methoxy groups -OCH3 is 2. The Balaban J connectivity index is 1.85. The molecule has 118 valence electrons. The van der Waals surface area contributed by atoms with Crippen LogP contribution in [0.1, 0.15) is 11.1 Å². The van der Waals surface area contributed by atoms with Gasteiger partial charge in [0.05, 0.1) is 26.7 Å². The SMILES string of the molecule is COc1ccccc1Cc1ccc(Nc2cnc[nH]2)cc1OC. The van der Waals surface area contributed by atoms with Gasteiger partial charge < -0.3 is 19.8 Å². The lowest BCUT2D eigenvalue weighted by Gasteiger charge is -2.13. The molecule has 0 unspecified atom stereocenters. The quantitative estimate of drug-likeness (QED) is 0.728. The summed E-state index contributed by atoms with van der Waals surface area (Å²) in [6.45, 7) is 0. The number of H-pyrrole nitrogens is 1. The molecule has 0 aliphatic rings. The fourth-order valence-electron chi connectivity index (χ4n) is 2.50. The van der Waals surface area contributed by atoms with E-state index < -0.39 is 0 Å². The number of hydrogen-bond donors (Lipinski definition) is 2. The Bertz CT molecular complexity index is 770. The molecule has 1 heterocycles. The van der Waals surface area contributed by atoms with Gasteiger partial charge in [0.2, 0.25) is 0 Å². The first-order valence-corrected chi connectivity index (χ1v) is 7.34. The Morgan fingerprint density at radius 2 is 1.78 bits per heavy atom. The van der Waals surface area contributed by atoms with Crippen LogP contribution < -0.4 is 14.8 Å². The van der Waals surface area contributed by atoms with Gasteiger partial charge in [0, 0.05) is 18.2 Å². The summed E-state index contributed by atoms with van der Waals surface area (Å²) in [4.78, 5) is 7.00. The van der Waals surface area contributed by atoms with Crippen LogP contribution in [0.5, 0.6) is 11.5 Å². The summed E-state index contributed by atoms with van der Waals surface area (Å²) in [7, 11) is 3.37. The lowest BCUT2D eigenvalue weighted by Crippen LogP contribution is -1.98. The molecule has 0 radical (unpaired) electrons. The van der Waals surface area contributed by atoms with Gasteiger partial charge >= 0.3 is 0 Å². The molecule has 0 fully saturated rings. The molecule has 5 nitrogen and oxygen atoms in total. The normalized spacial score (nSPS) is 10.3. The second kappa shape index (κ2) is 6.87. The zero-order valence-electron chi connectivity index (χ0n) is 13.2. The number of aromatic amines is 1. The third-order valence-electron chi connectivity index (χ3n) is 3.64. The Morgan fingerprint density at radius 3 is 2.52 bits per heavy atom. The first-order valence-electron chi connectivity index (χ1n) is 7.34. The molecule has 0 amide bonds. The van der Waals surface area contributed by atoms with Crippen molar-refractivity contribution < 1.29 is 9.47 Å². The largest absolute Gasteiger partial charge is 0.496 e. The molecule has 3 aromatic rings. The summed E-state index contributed by atoms with van der Waals surface area (Å²) in [5.41, 5.74) is 3.17. The van der Waals surface area contributed by atoms with E-state index in [1.807, 2.05) is 30.3 Å². The second-order valence-electron chi connectivity index (χ2n) is 5.11. The molecule has 0 aliphatic carbocycles. The van der Waals surface area contributed by atoms with Crippen molar-refractivity contribution in [3.63, 3.8) is 0 Å². The molecule has 0 bridgehead atoms. The fraction of sp³-hybridized carbons (Fsp3) is 0.167. The summed E-state index contributed by atoms with van der Waals surface area (Å²) in [5.74, 6) is 2.55. The average Bonchev–Trinajstić information content (AvgIpc) is 3.09. The van der Waals surface area contributed by atoms with Gasteiger partial charge in [0.15, 0.2) is 0 Å². The molecule has 1 aromatic heterocycles. The third-order valence-corrected chi connectivity index (χ3v) is 3.64. The van der Waals surface area contributed by atoms with E-state index in [1.165, 1.54) is 0 Å². The maximum absolute atomic E-state index is 5.54. The first-order chi connectivity index (χ1) is 11.3. The van der Waals surface area contributed by atoms with E-state index >= 15 is 0 Å². The average molecular weight is 309 g/mol. The monoisotopic (exact) mass is 309 g/mol. The highest BCUT2D eigenvalue weighted by Crippen LogP contribution is 2.29. The standard InChI is InChI=1S/C18H19N3O2/c1-22-16-6-4-3-5-13(16)9-14-7-8-15(10-17(14)23-2)21-18-11-19-12-20-18/h3-8,10-12,21H,9H2,1-2H3,(H,19,20). The van der Waals surface area contributed by atoms with E-state index in [2.05, 4.69) is 27.4 Å². The Hall–Kier alpha value is -2.95. The number of imidazole rings is 1. The number of nitrogens with zero attached hydrogens (tertiary/aromatic N) is 1. The summed E-state index contributed by atoms with van der Waals surface area (Å²) in [6, 6.07) is 14.1. The van der Waals surface area contributed by atoms with Gasteiger partial charge in [-0.05, 0) is 23.3 Å². The summed E-state index contributed by atoms with van der Waals surface area (Å²) in [5, 5.41) is 3.25. The molecule has 2 aromatic carbocycles. The highest BCUT2D eigenvalue weighted by Gasteiger charge is 2.09. The first kappa shape index (κ1) is 15.0. The second-order valence-corrected chi connectivity index (χ2v) is 5.11. The molecule has 0 aliphatic heterocycles. The van der Waals surface area contributed by atoms with Crippen molar-refractivity contribution in [1.29, 1.82) is 0 Å². The van der Waals surface area contributed by atoms with Crippen molar-refractivity contribution in [3.05, 3.63) is 66.1 Å². The number of benzene rings is 2. The molecular formula is C18H19N3O2. The molecule has 0 atom stereocenters. The van der Waals surface area contributed by atoms with Gasteiger partial charge in [-0.25, -0.2) is 4.98 Å². The lowest BCUT2D eigenvalue weighted by atomic mass is 10.0. The number of anilines is 2. The van der Waals surface area contributed by atoms with Crippen LogP contribution in [0.3, 0.4) is 0 Å². The molecule has 5 heteroatoms. The smallest absolute Gasteiger partial charge is 0.127 e. The van der Waals surface area contributed by atoms with Crippen LogP contribution in [-0.4, -0.2) is 24.2 Å². The van der Waals surface area contributed by atoms with Crippen LogP contribution >= 0.6 is 0 Å². The van der Waals surface area contributed by atoms with Crippen molar-refractivity contribution in [2.75, 3.05) is 19.5 Å². The predicted octanol–water partition coefficient (Wildman–Crippen LogP) is 3.76. The molecule has 3 rings (SSSR count). The number of rotatable bonds is 6. The van der Waals surface area contributed by atoms with E-state index in [1.54, 1.807) is 26.7 Å². The highest BCUT2D eigenvalue weighted by molar-refractivity contribution is 5.60. The molecule has 0 spiro atoms. The van der Waals surface area contributed by atoms with Crippen molar-refractivity contribution >= 4 is 11.5 Å². The maximum atomic E-state index is 5.54. The van der Waals surface area contributed by atoms with Gasteiger partial charge in [-0.2, -0.15) is 0 Å². The molecular weight excluding hydrogens is 290 g/mol. The number of ether oxygens (including phenoxy) is 2. The maximum Gasteiger partial charge on any atom is 0.127 e. The number of aromatic nitrogens is 2. The fourth-order valence-corrected chi connectivity index (χ4v) is 2.50. The van der Waals surface area contributed by atoms with Crippen molar-refractivity contribution in [2.45, 2.75) is 6.42 Å². The van der Waals surface area contributed by atoms with Crippen molar-refractivity contribution in [2.24, 2.45) is 0 Å². The minimum Gasteiger partial charge on any atom is -0.496 e. The van der Waals surface area contributed by atoms with E-state index in [4.69, 9.17) is 9.47 Å². The van der Waals surface area contributed by atoms with E-state index in [9.17, 15) is 0 Å². The predicted molar refractivity (Wildman–Crippen MR) is 90.7 cm³/mol. The van der Waals surface area contributed by atoms with Gasteiger partial charge in [-0.15, -0.1) is 0 Å². The number of nitrogens with one attached hydrogen (secondary N) is 2. The van der Waals surface area contributed by atoms with Crippen LogP contribution in [0.15, 0.2) is 55.0 Å². The van der Waals surface area contributed by atoms with Crippen LogP contribution in [0, 0.1) is 0 Å². The highest BCUT2D eigenvalue weighted by atomic mass is 16.5. The minimum atomic E-state index is 0.748. The van der Waals surface area contributed by atoms with Crippen LogP contribution in [0.2, 0.25) is 0 Å². The van der Waals surface area contributed by atoms with Crippen molar-refractivity contribution in [1.82, 2.24) is 9.97 Å². The number of para-hydroxylation sites is 1. The number of hydrogen-bond acceptors (Lipinski definition) is 4. The summed E-state index contributed by atoms with van der Waals surface area (Å²) >= 11 is 0. The van der Waals surface area contributed by atoms with Gasteiger partial charge in [-0.3, -0.25) is 0 Å². The van der Waals surface area contributed by atoms with Gasteiger partial charge in [0.1, 0.15) is 17.3 Å². The van der Waals surface area contributed by atoms with Crippen LogP contribution in [0.25, 0.3) is 0 Å². The zero-order chi connectivity index (χ0) is 16.1. The van der Waals surface area contributed by atoms with E-state index in [0.29, 0.717) is 0 Å². The van der Waals surface area contributed by atoms with Gasteiger partial charge in [-0.1, -0.05) is 24.3 Å². The lowest BCUT2D eigenvalue weighted by molar-refractivity contribution is 0.405. The van der Waals surface area contributed by atoms with Gasteiger partial charge in [0.25, 0.3) is 0 Å². The molecule has 23 heavy (non-hydrogen) atoms. The van der Waals surface area contributed by atoms with E-state index in [-0.39, 0.29) is 0 Å². The Labute approximate surface area is 135 Å². The topological polar surface area (TPSA) is 59.2 Å². The minimum absolute atomic E-state index is 0.748. The molecule has 0 saturated heterocycles. The third kappa shape index (κ3) is 3.45. The summed E-state index contributed by atoms with van der Waals surface area (Å²) in [6.07, 6.45) is 4.11. The van der Waals surface area contributed by atoms with Crippen LogP contribution in [-0.2, 0) is 6.42 Å². The Morgan fingerprint density at radius 1 is 1.00 bits per heavy atom. The molecule has 0 saturated carbocycles. The van der Waals surface area contributed by atoms with Crippen molar-refractivity contribution in [3.8, 4) is 11.5 Å². The Kier molecular flexibility index (Phi) is 4.47. The molecule has 2 N–H and O–H groups in total. The summed E-state index contributed by atoms with van der Waals surface area (Å²) < 4.78 is 11.0. The zero-order valence-corrected chi connectivity index (χ0v) is 13.2.